The number of sulfone groups is 1. The van der Waals surface area contributed by atoms with E-state index in [1.807, 2.05) is 13.8 Å². The maximum atomic E-state index is 11.5. The fraction of sp³-hybridized carbons (Fsp3) is 0.700. The first kappa shape index (κ1) is 11.6. The molecule has 1 aromatic rings. The highest BCUT2D eigenvalue weighted by Gasteiger charge is 2.30. The van der Waals surface area contributed by atoms with Crippen LogP contribution in [0.3, 0.4) is 0 Å². The predicted molar refractivity (Wildman–Crippen MR) is 59.5 cm³/mol. The molecule has 90 valence electrons. The normalized spacial score (nSPS) is 20.8. The Balaban J connectivity index is 2.41. The number of nitrogens with two attached hydrogens (primary N) is 1. The Hall–Kier alpha value is -0.880. The Kier molecular flexibility index (Phi) is 2.79. The number of fused-ring (bicyclic) bond motifs is 1. The van der Waals surface area contributed by atoms with E-state index >= 15 is 0 Å². The lowest BCUT2D eigenvalue weighted by Gasteiger charge is -2.16. The Labute approximate surface area is 94.9 Å². The van der Waals surface area contributed by atoms with Crippen molar-refractivity contribution >= 4 is 9.84 Å². The van der Waals surface area contributed by atoms with Crippen LogP contribution in [0, 0.1) is 5.92 Å². The Morgan fingerprint density at radius 3 is 2.75 bits per heavy atom. The zero-order valence-electron chi connectivity index (χ0n) is 9.43. The molecule has 0 radical (unpaired) electrons. The summed E-state index contributed by atoms with van der Waals surface area (Å²) in [6.07, 6.45) is 0.436. The van der Waals surface area contributed by atoms with Crippen LogP contribution in [0.1, 0.15) is 36.9 Å². The lowest BCUT2D eigenvalue weighted by molar-refractivity contribution is 0.328. The molecule has 16 heavy (non-hydrogen) atoms. The summed E-state index contributed by atoms with van der Waals surface area (Å²) in [6, 6.07) is -0.287. The van der Waals surface area contributed by atoms with Crippen LogP contribution < -0.4 is 5.73 Å². The molecule has 0 amide bonds. The molecule has 2 rings (SSSR count). The van der Waals surface area contributed by atoms with Gasteiger partial charge in [0.05, 0.1) is 23.2 Å². The molecule has 6 heteroatoms. The van der Waals surface area contributed by atoms with Gasteiger partial charge in [-0.3, -0.25) is 0 Å². The topological polar surface area (TPSA) is 86.2 Å². The third-order valence-electron chi connectivity index (χ3n) is 2.94. The Morgan fingerprint density at radius 2 is 2.12 bits per heavy atom. The molecule has 0 spiro atoms. The Morgan fingerprint density at radius 1 is 1.44 bits per heavy atom. The van der Waals surface area contributed by atoms with Gasteiger partial charge in [-0.25, -0.2) is 8.42 Å². The molecule has 1 aliphatic rings. The zero-order valence-corrected chi connectivity index (χ0v) is 10.3. The van der Waals surface area contributed by atoms with Crippen LogP contribution in [0.2, 0.25) is 0 Å². The summed E-state index contributed by atoms with van der Waals surface area (Å²) in [5.74, 6) is 0.903. The summed E-state index contributed by atoms with van der Waals surface area (Å²) in [4.78, 5) is 0. The van der Waals surface area contributed by atoms with Gasteiger partial charge in [-0.05, 0) is 5.92 Å². The van der Waals surface area contributed by atoms with Crippen LogP contribution in [-0.4, -0.2) is 19.3 Å². The van der Waals surface area contributed by atoms with Crippen molar-refractivity contribution in [2.24, 2.45) is 11.7 Å². The summed E-state index contributed by atoms with van der Waals surface area (Å²) in [6.45, 7) is 3.94. The second-order valence-corrected chi connectivity index (χ2v) is 6.77. The van der Waals surface area contributed by atoms with Crippen molar-refractivity contribution in [3.8, 4) is 0 Å². The zero-order chi connectivity index (χ0) is 11.9. The van der Waals surface area contributed by atoms with Gasteiger partial charge in [0.15, 0.2) is 15.6 Å². The smallest absolute Gasteiger partial charge is 0.158 e. The third kappa shape index (κ3) is 1.99. The first-order valence-electron chi connectivity index (χ1n) is 5.34. The van der Waals surface area contributed by atoms with Gasteiger partial charge in [0.1, 0.15) is 0 Å². The van der Waals surface area contributed by atoms with Crippen molar-refractivity contribution in [2.45, 2.75) is 32.1 Å². The summed E-state index contributed by atoms with van der Waals surface area (Å²) < 4.78 is 28.3. The highest BCUT2D eigenvalue weighted by atomic mass is 32.2. The second kappa shape index (κ2) is 3.85. The fourth-order valence-electron chi connectivity index (χ4n) is 1.82. The van der Waals surface area contributed by atoms with E-state index < -0.39 is 9.84 Å². The van der Waals surface area contributed by atoms with E-state index in [4.69, 9.17) is 10.3 Å². The standard InChI is InChI=1S/C10H16N2O3S/c1-6(2)9(11)10-7-5-16(13,14)4-3-8(7)12-15-10/h6,9H,3-5,11H2,1-2H3. The van der Waals surface area contributed by atoms with Crippen molar-refractivity contribution in [2.75, 3.05) is 5.75 Å². The second-order valence-electron chi connectivity index (χ2n) is 4.58. The molecule has 0 saturated heterocycles. The summed E-state index contributed by atoms with van der Waals surface area (Å²) in [5, 5.41) is 3.91. The molecule has 0 saturated carbocycles. The van der Waals surface area contributed by atoms with Crippen molar-refractivity contribution in [1.29, 1.82) is 0 Å². The van der Waals surface area contributed by atoms with Gasteiger partial charge in [0, 0.05) is 12.0 Å². The average Bonchev–Trinajstić information content (AvgIpc) is 2.57. The van der Waals surface area contributed by atoms with Gasteiger partial charge in [-0.1, -0.05) is 19.0 Å². The van der Waals surface area contributed by atoms with Crippen LogP contribution in [0.15, 0.2) is 4.52 Å². The van der Waals surface area contributed by atoms with E-state index in [1.54, 1.807) is 0 Å². The van der Waals surface area contributed by atoms with E-state index in [0.717, 1.165) is 5.69 Å². The number of aryl methyl sites for hydroxylation is 1. The minimum absolute atomic E-state index is 0.0155. The molecular formula is C10H16N2O3S. The summed E-state index contributed by atoms with van der Waals surface area (Å²) >= 11 is 0. The highest BCUT2D eigenvalue weighted by Crippen LogP contribution is 2.29. The fourth-order valence-corrected chi connectivity index (χ4v) is 3.21. The van der Waals surface area contributed by atoms with Crippen molar-refractivity contribution in [3.05, 3.63) is 17.0 Å². The van der Waals surface area contributed by atoms with Gasteiger partial charge in [0.25, 0.3) is 0 Å². The van der Waals surface area contributed by atoms with Crippen LogP contribution >= 0.6 is 0 Å². The molecular weight excluding hydrogens is 228 g/mol. The molecule has 1 aromatic heterocycles. The lowest BCUT2D eigenvalue weighted by atomic mass is 9.99. The molecule has 0 aromatic carbocycles. The first-order valence-corrected chi connectivity index (χ1v) is 7.16. The monoisotopic (exact) mass is 244 g/mol. The molecule has 1 unspecified atom stereocenters. The molecule has 5 nitrogen and oxygen atoms in total. The van der Waals surface area contributed by atoms with Gasteiger partial charge in [-0.15, -0.1) is 0 Å². The SMILES string of the molecule is CC(C)C(N)c1onc2c1CS(=O)(=O)CC2. The van der Waals surface area contributed by atoms with E-state index in [2.05, 4.69) is 5.16 Å². The van der Waals surface area contributed by atoms with Crippen LogP contribution in [0.25, 0.3) is 0 Å². The number of nitrogens with zero attached hydrogens (tertiary/aromatic N) is 1. The molecule has 1 atom stereocenters. The van der Waals surface area contributed by atoms with Crippen molar-refractivity contribution < 1.29 is 12.9 Å². The van der Waals surface area contributed by atoms with Crippen LogP contribution in [-0.2, 0) is 22.0 Å². The number of hydrogen-bond donors (Lipinski definition) is 1. The number of aromatic nitrogens is 1. The van der Waals surface area contributed by atoms with Crippen LogP contribution in [0.4, 0.5) is 0 Å². The Bertz CT molecular complexity index is 490. The van der Waals surface area contributed by atoms with E-state index in [9.17, 15) is 8.42 Å². The highest BCUT2D eigenvalue weighted by molar-refractivity contribution is 7.90. The lowest BCUT2D eigenvalue weighted by Crippen LogP contribution is -2.22. The first-order chi connectivity index (χ1) is 7.41. The van der Waals surface area contributed by atoms with Gasteiger partial charge in [0.2, 0.25) is 0 Å². The summed E-state index contributed by atoms with van der Waals surface area (Å²) in [5.41, 5.74) is 7.40. The minimum Gasteiger partial charge on any atom is -0.359 e. The average molecular weight is 244 g/mol. The van der Waals surface area contributed by atoms with Gasteiger partial charge >= 0.3 is 0 Å². The van der Waals surface area contributed by atoms with Crippen molar-refractivity contribution in [1.82, 2.24) is 5.16 Å². The quantitative estimate of drug-likeness (QED) is 0.831. The van der Waals surface area contributed by atoms with E-state index in [1.165, 1.54) is 0 Å². The predicted octanol–water partition coefficient (Wildman–Crippen LogP) is 0.801. The van der Waals surface area contributed by atoms with Gasteiger partial charge in [-0.2, -0.15) is 0 Å². The number of hydrogen-bond acceptors (Lipinski definition) is 5. The molecule has 1 aliphatic heterocycles. The molecule has 0 bridgehead atoms. The van der Waals surface area contributed by atoms with Gasteiger partial charge < -0.3 is 10.3 Å². The molecule has 0 fully saturated rings. The van der Waals surface area contributed by atoms with Crippen molar-refractivity contribution in [3.63, 3.8) is 0 Å². The number of rotatable bonds is 2. The molecule has 0 aliphatic carbocycles. The maximum absolute atomic E-state index is 11.5. The molecule has 2 N–H and O–H groups in total. The maximum Gasteiger partial charge on any atom is 0.158 e. The largest absolute Gasteiger partial charge is 0.359 e. The van der Waals surface area contributed by atoms with E-state index in [-0.39, 0.29) is 23.5 Å². The minimum atomic E-state index is -3.00. The summed E-state index contributed by atoms with van der Waals surface area (Å²) in [7, 11) is -3.00. The molecule has 2 heterocycles. The van der Waals surface area contributed by atoms with Crippen LogP contribution in [0.5, 0.6) is 0 Å². The third-order valence-corrected chi connectivity index (χ3v) is 4.49. The van der Waals surface area contributed by atoms with E-state index in [0.29, 0.717) is 17.7 Å².